The molecule has 29 heavy (non-hydrogen) atoms. The molecule has 2 aromatic carbocycles. The number of benzene rings is 2. The van der Waals surface area contributed by atoms with Crippen LogP contribution < -0.4 is 14.8 Å². The molecule has 0 aliphatic heterocycles. The van der Waals surface area contributed by atoms with Gasteiger partial charge in [-0.15, -0.1) is 0 Å². The first-order valence-electron chi connectivity index (χ1n) is 9.62. The van der Waals surface area contributed by atoms with Gasteiger partial charge in [-0.2, -0.15) is 0 Å². The lowest BCUT2D eigenvalue weighted by atomic mass is 10.1. The van der Waals surface area contributed by atoms with Gasteiger partial charge in [0.15, 0.2) is 11.5 Å². The van der Waals surface area contributed by atoms with Crippen molar-refractivity contribution >= 4 is 23.6 Å². The predicted molar refractivity (Wildman–Crippen MR) is 115 cm³/mol. The summed E-state index contributed by atoms with van der Waals surface area (Å²) in [5.41, 5.74) is 2.67. The average molecular weight is 396 g/mol. The van der Waals surface area contributed by atoms with Gasteiger partial charge in [-0.05, 0) is 44.5 Å². The van der Waals surface area contributed by atoms with E-state index in [-0.39, 0.29) is 18.4 Å². The highest BCUT2D eigenvalue weighted by Gasteiger charge is 2.12. The summed E-state index contributed by atoms with van der Waals surface area (Å²) < 4.78 is 11.1. The average Bonchev–Trinajstić information content (AvgIpc) is 2.69. The molecule has 0 heterocycles. The Kier molecular flexibility index (Phi) is 8.27. The number of carbonyl (C=O) groups excluding carboxylic acids is 2. The molecule has 0 unspecified atom stereocenters. The number of hydrogen-bond donors (Lipinski definition) is 1. The van der Waals surface area contributed by atoms with Crippen molar-refractivity contribution in [1.82, 2.24) is 4.90 Å². The molecule has 0 radical (unpaired) electrons. The van der Waals surface area contributed by atoms with Crippen LogP contribution in [0.1, 0.15) is 25.0 Å². The highest BCUT2D eigenvalue weighted by molar-refractivity contribution is 5.98. The lowest BCUT2D eigenvalue weighted by Crippen LogP contribution is -2.33. The van der Waals surface area contributed by atoms with Gasteiger partial charge in [0, 0.05) is 24.9 Å². The van der Waals surface area contributed by atoms with Gasteiger partial charge in [0.2, 0.25) is 11.8 Å². The number of carbonyl (C=O) groups is 2. The van der Waals surface area contributed by atoms with Crippen molar-refractivity contribution in [3.8, 4) is 11.5 Å². The number of aryl methyl sites for hydroxylation is 1. The van der Waals surface area contributed by atoms with Crippen LogP contribution in [-0.4, -0.2) is 43.5 Å². The van der Waals surface area contributed by atoms with E-state index in [1.54, 1.807) is 31.3 Å². The van der Waals surface area contributed by atoms with Crippen LogP contribution in [0.3, 0.4) is 0 Å². The van der Waals surface area contributed by atoms with Gasteiger partial charge in [-0.25, -0.2) is 0 Å². The number of hydrogen-bond acceptors (Lipinski definition) is 4. The fourth-order valence-corrected chi connectivity index (χ4v) is 2.60. The first-order valence-corrected chi connectivity index (χ1v) is 9.62. The van der Waals surface area contributed by atoms with E-state index < -0.39 is 0 Å². The molecule has 0 aromatic heterocycles. The van der Waals surface area contributed by atoms with Crippen LogP contribution in [-0.2, 0) is 9.59 Å². The van der Waals surface area contributed by atoms with Crippen molar-refractivity contribution in [3.05, 3.63) is 59.7 Å². The SMILES string of the molecule is CCOc1ccc(NC(=O)CN(C)C(=O)/C=C/c2ccc(C)cc2)cc1OCC. The summed E-state index contributed by atoms with van der Waals surface area (Å²) in [6, 6.07) is 13.0. The number of anilines is 1. The van der Waals surface area contributed by atoms with Gasteiger partial charge in [0.1, 0.15) is 0 Å². The van der Waals surface area contributed by atoms with Crippen LogP contribution in [0.25, 0.3) is 6.08 Å². The number of nitrogens with zero attached hydrogens (tertiary/aromatic N) is 1. The van der Waals surface area contributed by atoms with Crippen molar-refractivity contribution in [2.45, 2.75) is 20.8 Å². The van der Waals surface area contributed by atoms with Crippen molar-refractivity contribution in [1.29, 1.82) is 0 Å². The van der Waals surface area contributed by atoms with Gasteiger partial charge in [-0.1, -0.05) is 29.8 Å². The summed E-state index contributed by atoms with van der Waals surface area (Å²) in [6.07, 6.45) is 3.19. The lowest BCUT2D eigenvalue weighted by molar-refractivity contribution is -0.129. The van der Waals surface area contributed by atoms with Crippen LogP contribution in [0.15, 0.2) is 48.5 Å². The van der Waals surface area contributed by atoms with Gasteiger partial charge >= 0.3 is 0 Å². The van der Waals surface area contributed by atoms with Crippen LogP contribution in [0, 0.1) is 6.92 Å². The number of ether oxygens (including phenoxy) is 2. The molecule has 2 amide bonds. The molecule has 2 aromatic rings. The molecule has 0 saturated heterocycles. The second-order valence-electron chi connectivity index (χ2n) is 6.51. The van der Waals surface area contributed by atoms with Crippen molar-refractivity contribution in [3.63, 3.8) is 0 Å². The number of amides is 2. The van der Waals surface area contributed by atoms with Gasteiger partial charge in [0.25, 0.3) is 0 Å². The molecule has 6 nitrogen and oxygen atoms in total. The third kappa shape index (κ3) is 6.99. The van der Waals surface area contributed by atoms with Gasteiger partial charge in [-0.3, -0.25) is 9.59 Å². The third-order valence-corrected chi connectivity index (χ3v) is 4.08. The van der Waals surface area contributed by atoms with Crippen molar-refractivity contribution in [2.75, 3.05) is 32.1 Å². The zero-order valence-corrected chi connectivity index (χ0v) is 17.4. The molecular formula is C23H28N2O4. The molecule has 0 bridgehead atoms. The van der Waals surface area contributed by atoms with Crippen LogP contribution in [0.2, 0.25) is 0 Å². The second kappa shape index (κ2) is 10.9. The Morgan fingerprint density at radius 3 is 2.31 bits per heavy atom. The summed E-state index contributed by atoms with van der Waals surface area (Å²) in [6.45, 7) is 6.73. The summed E-state index contributed by atoms with van der Waals surface area (Å²) in [5.74, 6) is 0.650. The van der Waals surface area contributed by atoms with E-state index in [2.05, 4.69) is 5.32 Å². The lowest BCUT2D eigenvalue weighted by Gasteiger charge is -2.16. The number of rotatable bonds is 9. The Bertz CT molecular complexity index is 860. The fourth-order valence-electron chi connectivity index (χ4n) is 2.60. The van der Waals surface area contributed by atoms with E-state index in [4.69, 9.17) is 9.47 Å². The van der Waals surface area contributed by atoms with E-state index in [0.29, 0.717) is 30.4 Å². The minimum absolute atomic E-state index is 0.0613. The standard InChI is InChI=1S/C23H28N2O4/c1-5-28-20-13-12-19(15-21(20)29-6-2)24-22(26)16-25(4)23(27)14-11-18-9-7-17(3)8-10-18/h7-15H,5-6,16H2,1-4H3,(H,24,26)/b14-11+. The fraction of sp³-hybridized carbons (Fsp3) is 0.304. The highest BCUT2D eigenvalue weighted by atomic mass is 16.5. The molecule has 0 spiro atoms. The van der Waals surface area contributed by atoms with Gasteiger partial charge < -0.3 is 19.7 Å². The van der Waals surface area contributed by atoms with E-state index in [0.717, 1.165) is 11.1 Å². The molecular weight excluding hydrogens is 368 g/mol. The Morgan fingerprint density at radius 2 is 1.66 bits per heavy atom. The topological polar surface area (TPSA) is 67.9 Å². The monoisotopic (exact) mass is 396 g/mol. The second-order valence-corrected chi connectivity index (χ2v) is 6.51. The number of nitrogens with one attached hydrogen (secondary N) is 1. The largest absolute Gasteiger partial charge is 0.490 e. The molecule has 0 saturated carbocycles. The maximum absolute atomic E-state index is 12.3. The Hall–Kier alpha value is -3.28. The quantitative estimate of drug-likeness (QED) is 0.653. The molecule has 2 rings (SSSR count). The molecule has 0 atom stereocenters. The summed E-state index contributed by atoms with van der Waals surface area (Å²) in [7, 11) is 1.59. The summed E-state index contributed by atoms with van der Waals surface area (Å²) >= 11 is 0. The molecule has 6 heteroatoms. The first kappa shape index (κ1) is 22.0. The van der Waals surface area contributed by atoms with E-state index in [1.165, 1.54) is 11.0 Å². The van der Waals surface area contributed by atoms with E-state index >= 15 is 0 Å². The maximum atomic E-state index is 12.3. The van der Waals surface area contributed by atoms with Crippen molar-refractivity contribution < 1.29 is 19.1 Å². The summed E-state index contributed by atoms with van der Waals surface area (Å²) in [4.78, 5) is 25.9. The Balaban J connectivity index is 1.94. The minimum atomic E-state index is -0.295. The van der Waals surface area contributed by atoms with E-state index in [1.807, 2.05) is 45.0 Å². The highest BCUT2D eigenvalue weighted by Crippen LogP contribution is 2.30. The predicted octanol–water partition coefficient (Wildman–Crippen LogP) is 3.90. The molecule has 154 valence electrons. The zero-order chi connectivity index (χ0) is 21.2. The van der Waals surface area contributed by atoms with E-state index in [9.17, 15) is 9.59 Å². The molecule has 1 N–H and O–H groups in total. The van der Waals surface area contributed by atoms with Crippen LogP contribution in [0.5, 0.6) is 11.5 Å². The van der Waals surface area contributed by atoms with Crippen LogP contribution in [0.4, 0.5) is 5.69 Å². The molecule has 0 aliphatic rings. The van der Waals surface area contributed by atoms with Crippen molar-refractivity contribution in [2.24, 2.45) is 0 Å². The summed E-state index contributed by atoms with van der Waals surface area (Å²) in [5, 5.41) is 2.78. The third-order valence-electron chi connectivity index (χ3n) is 4.08. The minimum Gasteiger partial charge on any atom is -0.490 e. The van der Waals surface area contributed by atoms with Gasteiger partial charge in [0.05, 0.1) is 19.8 Å². The Labute approximate surface area is 172 Å². The smallest absolute Gasteiger partial charge is 0.246 e. The maximum Gasteiger partial charge on any atom is 0.246 e. The number of likely N-dealkylation sites (N-methyl/N-ethyl adjacent to an activating group) is 1. The normalized spacial score (nSPS) is 10.6. The molecule has 0 aliphatic carbocycles. The first-order chi connectivity index (χ1) is 13.9. The Morgan fingerprint density at radius 1 is 1.00 bits per heavy atom. The molecule has 0 fully saturated rings. The van der Waals surface area contributed by atoms with Crippen LogP contribution >= 0.6 is 0 Å². The zero-order valence-electron chi connectivity index (χ0n) is 17.4.